The van der Waals surface area contributed by atoms with E-state index in [9.17, 15) is 9.59 Å². The highest BCUT2D eigenvalue weighted by molar-refractivity contribution is 5.98. The molecule has 3 aromatic rings. The zero-order valence-corrected chi connectivity index (χ0v) is 15.0. The van der Waals surface area contributed by atoms with E-state index in [4.69, 9.17) is 0 Å². The van der Waals surface area contributed by atoms with Crippen molar-refractivity contribution in [2.45, 2.75) is 32.2 Å². The summed E-state index contributed by atoms with van der Waals surface area (Å²) in [6, 6.07) is 11.0. The van der Waals surface area contributed by atoms with Crippen LogP contribution in [0.3, 0.4) is 0 Å². The van der Waals surface area contributed by atoms with Crippen molar-refractivity contribution in [3.63, 3.8) is 0 Å². The first kappa shape index (κ1) is 17.3. The molecule has 0 radical (unpaired) electrons. The number of pyridine rings is 3. The third-order valence-electron chi connectivity index (χ3n) is 5.08. The summed E-state index contributed by atoms with van der Waals surface area (Å²) in [7, 11) is 0. The minimum Gasteiger partial charge on any atom is -0.310 e. The maximum absolute atomic E-state index is 12.4. The molecule has 0 unspecified atom stereocenters. The van der Waals surface area contributed by atoms with Crippen molar-refractivity contribution in [3.8, 4) is 0 Å². The van der Waals surface area contributed by atoms with Crippen molar-refractivity contribution in [2.75, 3.05) is 0 Å². The molecule has 0 spiro atoms. The number of rotatable bonds is 6. The molecule has 0 aromatic carbocycles. The molecule has 0 N–H and O–H groups in total. The van der Waals surface area contributed by atoms with Crippen LogP contribution >= 0.6 is 0 Å². The van der Waals surface area contributed by atoms with Crippen LogP contribution < -0.4 is 5.56 Å². The highest BCUT2D eigenvalue weighted by Crippen LogP contribution is 2.29. The Morgan fingerprint density at radius 3 is 2.67 bits per heavy atom. The van der Waals surface area contributed by atoms with E-state index in [1.807, 2.05) is 30.5 Å². The van der Waals surface area contributed by atoms with Gasteiger partial charge in [-0.15, -0.1) is 0 Å². The molecule has 4 rings (SSSR count). The highest BCUT2D eigenvalue weighted by Gasteiger charge is 2.26. The Labute approximate surface area is 157 Å². The zero-order valence-electron chi connectivity index (χ0n) is 15.0. The molecule has 5 heteroatoms. The second-order valence-electron chi connectivity index (χ2n) is 7.08. The van der Waals surface area contributed by atoms with E-state index >= 15 is 0 Å². The van der Waals surface area contributed by atoms with Crippen LogP contribution in [0.25, 0.3) is 0 Å². The molecule has 0 bridgehead atoms. The quantitative estimate of drug-likeness (QED) is 0.634. The van der Waals surface area contributed by atoms with Crippen LogP contribution in [0.4, 0.5) is 0 Å². The third-order valence-corrected chi connectivity index (χ3v) is 5.08. The maximum atomic E-state index is 12.4. The van der Waals surface area contributed by atoms with Gasteiger partial charge >= 0.3 is 0 Å². The summed E-state index contributed by atoms with van der Waals surface area (Å²) in [5, 5.41) is 0. The van der Waals surface area contributed by atoms with Crippen LogP contribution in [0.1, 0.15) is 46.4 Å². The molecular formula is C22H21N3O2. The molecule has 1 fully saturated rings. The number of Topliss-reactive ketones (excluding diaryl/α,β-unsaturated/α-hetero) is 1. The number of hydrogen-bond acceptors (Lipinski definition) is 4. The summed E-state index contributed by atoms with van der Waals surface area (Å²) in [6.45, 7) is 0.451. The van der Waals surface area contributed by atoms with E-state index in [-0.39, 0.29) is 17.3 Å². The molecule has 1 aliphatic carbocycles. The van der Waals surface area contributed by atoms with E-state index in [1.54, 1.807) is 35.3 Å². The van der Waals surface area contributed by atoms with Crippen LogP contribution in [0.5, 0.6) is 0 Å². The number of hydrogen-bond donors (Lipinski definition) is 0. The van der Waals surface area contributed by atoms with Gasteiger partial charge in [-0.1, -0.05) is 18.6 Å². The van der Waals surface area contributed by atoms with E-state index in [0.29, 0.717) is 18.5 Å². The van der Waals surface area contributed by atoms with Crippen LogP contribution in [0.2, 0.25) is 0 Å². The summed E-state index contributed by atoms with van der Waals surface area (Å²) in [6.07, 6.45) is 10.9. The normalized spacial score (nSPS) is 13.9. The number of ketones is 1. The van der Waals surface area contributed by atoms with E-state index in [1.165, 1.54) is 0 Å². The summed E-state index contributed by atoms with van der Waals surface area (Å²) >= 11 is 0. The minimum absolute atomic E-state index is 0.0394. The molecule has 1 saturated carbocycles. The summed E-state index contributed by atoms with van der Waals surface area (Å²) in [5.74, 6) is 0.404. The first-order valence-electron chi connectivity index (χ1n) is 9.26. The largest absolute Gasteiger partial charge is 0.310 e. The van der Waals surface area contributed by atoms with Crippen molar-refractivity contribution in [1.82, 2.24) is 14.5 Å². The second kappa shape index (κ2) is 7.66. The van der Waals surface area contributed by atoms with Gasteiger partial charge in [0.25, 0.3) is 5.56 Å². The van der Waals surface area contributed by atoms with Crippen LogP contribution in [-0.4, -0.2) is 20.3 Å². The maximum Gasteiger partial charge on any atom is 0.250 e. The number of aromatic nitrogens is 3. The molecule has 136 valence electrons. The Morgan fingerprint density at radius 1 is 1.07 bits per heavy atom. The number of carbonyl (C=O) groups excluding carboxylic acids is 1. The molecule has 0 amide bonds. The third kappa shape index (κ3) is 4.03. The van der Waals surface area contributed by atoms with Gasteiger partial charge < -0.3 is 4.57 Å². The van der Waals surface area contributed by atoms with Crippen molar-refractivity contribution in [2.24, 2.45) is 5.92 Å². The van der Waals surface area contributed by atoms with Gasteiger partial charge in [0, 0.05) is 48.8 Å². The lowest BCUT2D eigenvalue weighted by molar-refractivity contribution is 0.0854. The van der Waals surface area contributed by atoms with Crippen molar-refractivity contribution >= 4 is 5.78 Å². The van der Waals surface area contributed by atoms with Crippen LogP contribution in [-0.2, 0) is 13.0 Å². The first-order valence-corrected chi connectivity index (χ1v) is 9.26. The van der Waals surface area contributed by atoms with Crippen molar-refractivity contribution in [3.05, 3.63) is 93.9 Å². The van der Waals surface area contributed by atoms with Crippen molar-refractivity contribution in [1.29, 1.82) is 0 Å². The molecule has 27 heavy (non-hydrogen) atoms. The van der Waals surface area contributed by atoms with Crippen LogP contribution in [0.15, 0.2) is 66.0 Å². The van der Waals surface area contributed by atoms with Gasteiger partial charge in [0.05, 0.1) is 12.2 Å². The molecule has 0 saturated heterocycles. The monoisotopic (exact) mass is 359 g/mol. The predicted molar refractivity (Wildman–Crippen MR) is 103 cm³/mol. The molecule has 0 aliphatic heterocycles. The van der Waals surface area contributed by atoms with Gasteiger partial charge in [0.2, 0.25) is 0 Å². The van der Waals surface area contributed by atoms with E-state index in [2.05, 4.69) is 9.97 Å². The Bertz CT molecular complexity index is 1000. The average molecular weight is 359 g/mol. The fourth-order valence-electron chi connectivity index (χ4n) is 3.28. The van der Waals surface area contributed by atoms with Gasteiger partial charge in [-0.05, 0) is 42.2 Å². The standard InChI is InChI=1S/C22H21N3O2/c26-21-6-1-2-9-25(21)15-20-8-7-16(13-24-20)10-17-11-19(14-23-12-17)22(27)18-4-3-5-18/h1-2,6-9,11-14,18H,3-5,10,15H2. The fraction of sp³-hybridized carbons (Fsp3) is 0.273. The van der Waals surface area contributed by atoms with Gasteiger partial charge in [0.15, 0.2) is 5.78 Å². The molecule has 0 atom stereocenters. The summed E-state index contributed by atoms with van der Waals surface area (Å²) in [4.78, 5) is 32.9. The minimum atomic E-state index is -0.0394. The molecule has 5 nitrogen and oxygen atoms in total. The summed E-state index contributed by atoms with van der Waals surface area (Å²) in [5.41, 5.74) is 3.56. The van der Waals surface area contributed by atoms with E-state index < -0.39 is 0 Å². The SMILES string of the molecule is O=C(c1cncc(Cc2ccc(Cn3ccccc3=O)nc2)c1)C1CCC1. The predicted octanol–water partition coefficient (Wildman–Crippen LogP) is 3.26. The number of nitrogens with zero attached hydrogens (tertiary/aromatic N) is 3. The lowest BCUT2D eigenvalue weighted by Crippen LogP contribution is -2.22. The number of carbonyl (C=O) groups is 1. The Balaban J connectivity index is 1.45. The highest BCUT2D eigenvalue weighted by atomic mass is 16.1. The average Bonchev–Trinajstić information content (AvgIpc) is 2.64. The van der Waals surface area contributed by atoms with Crippen LogP contribution in [0, 0.1) is 5.92 Å². The van der Waals surface area contributed by atoms with Gasteiger partial charge in [-0.3, -0.25) is 19.6 Å². The Kier molecular flexibility index (Phi) is 4.92. The first-order chi connectivity index (χ1) is 13.2. The van der Waals surface area contributed by atoms with Gasteiger partial charge in [0.1, 0.15) is 0 Å². The fourth-order valence-corrected chi connectivity index (χ4v) is 3.28. The smallest absolute Gasteiger partial charge is 0.250 e. The topological polar surface area (TPSA) is 64.8 Å². The zero-order chi connectivity index (χ0) is 18.6. The Morgan fingerprint density at radius 2 is 1.96 bits per heavy atom. The molecule has 3 heterocycles. The summed E-state index contributed by atoms with van der Waals surface area (Å²) < 4.78 is 1.63. The second-order valence-corrected chi connectivity index (χ2v) is 7.08. The molecular weight excluding hydrogens is 338 g/mol. The van der Waals surface area contributed by atoms with Gasteiger partial charge in [-0.2, -0.15) is 0 Å². The Hall–Kier alpha value is -3.08. The molecule has 1 aliphatic rings. The lowest BCUT2D eigenvalue weighted by Gasteiger charge is -2.23. The van der Waals surface area contributed by atoms with Crippen molar-refractivity contribution < 1.29 is 4.79 Å². The lowest BCUT2D eigenvalue weighted by atomic mass is 9.80. The van der Waals surface area contributed by atoms with Gasteiger partial charge in [-0.25, -0.2) is 0 Å². The van der Waals surface area contributed by atoms with E-state index in [0.717, 1.165) is 36.1 Å². The molecule has 3 aromatic heterocycles.